The molecule has 0 saturated heterocycles. The van der Waals surface area contributed by atoms with Crippen LogP contribution in [0.3, 0.4) is 0 Å². The Morgan fingerprint density at radius 2 is 1.97 bits per heavy atom. The van der Waals surface area contributed by atoms with Crippen molar-refractivity contribution in [3.05, 3.63) is 69.9 Å². The van der Waals surface area contributed by atoms with Crippen LogP contribution in [0.25, 0.3) is 0 Å². The van der Waals surface area contributed by atoms with E-state index >= 15 is 0 Å². The number of nitrogens with zero attached hydrogens (tertiary/aromatic N) is 1. The van der Waals surface area contributed by atoms with Crippen LogP contribution in [0.5, 0.6) is 11.5 Å². The molecule has 0 spiro atoms. The number of aromatic hydroxyl groups is 1. The Labute approximate surface area is 173 Å². The van der Waals surface area contributed by atoms with Crippen LogP contribution in [0.1, 0.15) is 24.1 Å². The van der Waals surface area contributed by atoms with Crippen molar-refractivity contribution in [3.8, 4) is 11.5 Å². The zero-order valence-electron chi connectivity index (χ0n) is 16.2. The highest BCUT2D eigenvalue weighted by Crippen LogP contribution is 2.39. The first kappa shape index (κ1) is 20.5. The Hall–Kier alpha value is -3.19. The number of phenols is 1. The smallest absolute Gasteiger partial charge is 0.338 e. The van der Waals surface area contributed by atoms with Crippen LogP contribution < -0.4 is 10.1 Å². The van der Waals surface area contributed by atoms with Gasteiger partial charge in [-0.1, -0.05) is 41.9 Å². The van der Waals surface area contributed by atoms with E-state index < -0.39 is 12.0 Å². The predicted molar refractivity (Wildman–Crippen MR) is 108 cm³/mol. The number of phenolic OH excluding ortho intramolecular Hbond substituents is 1. The summed E-state index contributed by atoms with van der Waals surface area (Å²) in [6, 6.07) is 11.1. The van der Waals surface area contributed by atoms with Gasteiger partial charge in [-0.15, -0.1) is 0 Å². The number of carbonyl (C=O) groups is 2. The van der Waals surface area contributed by atoms with Gasteiger partial charge in [-0.25, -0.2) is 9.59 Å². The summed E-state index contributed by atoms with van der Waals surface area (Å²) in [4.78, 5) is 26.7. The lowest BCUT2D eigenvalue weighted by atomic mass is 9.94. The molecule has 2 amide bonds. The molecule has 0 bridgehead atoms. The molecule has 2 aromatic rings. The van der Waals surface area contributed by atoms with Crippen molar-refractivity contribution in [2.45, 2.75) is 19.6 Å². The third-order valence-electron chi connectivity index (χ3n) is 4.79. The second-order valence-electron chi connectivity index (χ2n) is 6.56. The quantitative estimate of drug-likeness (QED) is 0.724. The fraction of sp³-hybridized carbons (Fsp3) is 0.238. The average molecular weight is 417 g/mol. The van der Waals surface area contributed by atoms with Gasteiger partial charge in [-0.2, -0.15) is 0 Å². The number of benzene rings is 2. The van der Waals surface area contributed by atoms with Crippen molar-refractivity contribution in [3.63, 3.8) is 0 Å². The summed E-state index contributed by atoms with van der Waals surface area (Å²) < 4.78 is 10.6. The molecule has 7 nitrogen and oxygen atoms in total. The first-order valence-electron chi connectivity index (χ1n) is 8.86. The summed E-state index contributed by atoms with van der Waals surface area (Å²) in [5.41, 5.74) is 2.06. The molecule has 1 aliphatic heterocycles. The number of hydrogen-bond acceptors (Lipinski definition) is 5. The fourth-order valence-electron chi connectivity index (χ4n) is 3.07. The monoisotopic (exact) mass is 416 g/mol. The van der Waals surface area contributed by atoms with E-state index in [4.69, 9.17) is 21.1 Å². The van der Waals surface area contributed by atoms with E-state index in [9.17, 15) is 14.7 Å². The molecule has 0 unspecified atom stereocenters. The van der Waals surface area contributed by atoms with Crippen molar-refractivity contribution in [1.82, 2.24) is 10.2 Å². The zero-order valence-corrected chi connectivity index (χ0v) is 17.0. The second-order valence-corrected chi connectivity index (χ2v) is 6.96. The van der Waals surface area contributed by atoms with E-state index in [2.05, 4.69) is 5.32 Å². The number of amides is 2. The molecule has 2 aromatic carbocycles. The van der Waals surface area contributed by atoms with Gasteiger partial charge in [-0.3, -0.25) is 0 Å². The predicted octanol–water partition coefficient (Wildman–Crippen LogP) is 3.77. The molecule has 152 valence electrons. The summed E-state index contributed by atoms with van der Waals surface area (Å²) >= 11 is 6.10. The van der Waals surface area contributed by atoms with E-state index in [0.717, 1.165) is 5.56 Å². The third-order valence-corrected chi connectivity index (χ3v) is 5.08. The molecule has 0 fully saturated rings. The van der Waals surface area contributed by atoms with Crippen molar-refractivity contribution in [2.75, 3.05) is 14.2 Å². The highest BCUT2D eigenvalue weighted by molar-refractivity contribution is 6.32. The molecule has 3 rings (SSSR count). The largest absolute Gasteiger partial charge is 0.503 e. The average Bonchev–Trinajstić information content (AvgIpc) is 2.72. The maximum absolute atomic E-state index is 13.0. The molecule has 0 radical (unpaired) electrons. The van der Waals surface area contributed by atoms with E-state index in [1.54, 1.807) is 14.0 Å². The summed E-state index contributed by atoms with van der Waals surface area (Å²) in [7, 11) is 2.95. The third kappa shape index (κ3) is 4.14. The van der Waals surface area contributed by atoms with Gasteiger partial charge in [0.15, 0.2) is 11.5 Å². The van der Waals surface area contributed by atoms with Crippen molar-refractivity contribution >= 4 is 23.6 Å². The van der Waals surface area contributed by atoms with E-state index in [1.165, 1.54) is 24.1 Å². The number of halogens is 1. The molecule has 0 aliphatic carbocycles. The number of urea groups is 1. The molecule has 0 aromatic heterocycles. The number of methoxy groups -OCH3 is 1. The maximum atomic E-state index is 13.0. The van der Waals surface area contributed by atoms with E-state index in [1.807, 2.05) is 30.3 Å². The molecule has 2 N–H and O–H groups in total. The molecule has 0 saturated carbocycles. The van der Waals surface area contributed by atoms with Crippen molar-refractivity contribution in [1.29, 1.82) is 0 Å². The van der Waals surface area contributed by atoms with Crippen LogP contribution in [-0.4, -0.2) is 36.2 Å². The molecule has 1 aliphatic rings. The number of allylic oxidation sites excluding steroid dienone is 1. The Balaban J connectivity index is 1.97. The van der Waals surface area contributed by atoms with Crippen LogP contribution >= 0.6 is 11.6 Å². The normalized spacial score (nSPS) is 16.5. The molecule has 1 heterocycles. The number of ether oxygens (including phenoxy) is 2. The number of carbonyl (C=O) groups excluding carboxylic acids is 2. The number of rotatable bonds is 5. The maximum Gasteiger partial charge on any atom is 0.338 e. The summed E-state index contributed by atoms with van der Waals surface area (Å²) in [6.07, 6.45) is 0. The van der Waals surface area contributed by atoms with Crippen LogP contribution in [0.2, 0.25) is 5.02 Å². The highest BCUT2D eigenvalue weighted by Gasteiger charge is 2.35. The topological polar surface area (TPSA) is 88.1 Å². The molecule has 8 heteroatoms. The minimum absolute atomic E-state index is 0.0437. The van der Waals surface area contributed by atoms with Crippen LogP contribution in [0.4, 0.5) is 4.79 Å². The van der Waals surface area contributed by atoms with Crippen LogP contribution in [0.15, 0.2) is 53.7 Å². The fourth-order valence-corrected chi connectivity index (χ4v) is 3.29. The van der Waals surface area contributed by atoms with Crippen LogP contribution in [-0.2, 0) is 16.1 Å². The minimum Gasteiger partial charge on any atom is -0.503 e. The van der Waals surface area contributed by atoms with Crippen molar-refractivity contribution in [2.24, 2.45) is 0 Å². The molecule has 1 atom stereocenters. The van der Waals surface area contributed by atoms with Gasteiger partial charge < -0.3 is 24.8 Å². The Morgan fingerprint density at radius 1 is 1.28 bits per heavy atom. The molecule has 29 heavy (non-hydrogen) atoms. The van der Waals surface area contributed by atoms with Gasteiger partial charge in [-0.05, 0) is 30.2 Å². The minimum atomic E-state index is -0.811. The van der Waals surface area contributed by atoms with Gasteiger partial charge >= 0.3 is 12.0 Å². The Morgan fingerprint density at radius 3 is 2.62 bits per heavy atom. The Kier molecular flexibility index (Phi) is 5.98. The molecular weight excluding hydrogens is 396 g/mol. The first-order valence-corrected chi connectivity index (χ1v) is 9.23. The van der Waals surface area contributed by atoms with Crippen LogP contribution in [0, 0.1) is 0 Å². The Bertz CT molecular complexity index is 975. The van der Waals surface area contributed by atoms with Gasteiger partial charge in [0.1, 0.15) is 6.61 Å². The standard InChI is InChI=1S/C21H21ClN2O5/c1-12-17(20(26)29-11-13-7-5-4-6-8-13)18(23-21(27)24(12)2)14-9-15(22)19(25)16(10-14)28-3/h4-10,18,25H,11H2,1-3H3,(H,23,27)/t18-/m1/s1. The highest BCUT2D eigenvalue weighted by atomic mass is 35.5. The first-order chi connectivity index (χ1) is 13.8. The summed E-state index contributed by atoms with van der Waals surface area (Å²) in [5, 5.41) is 12.8. The lowest BCUT2D eigenvalue weighted by Gasteiger charge is -2.33. The lowest BCUT2D eigenvalue weighted by Crippen LogP contribution is -2.46. The van der Waals surface area contributed by atoms with E-state index in [-0.39, 0.29) is 34.7 Å². The van der Waals surface area contributed by atoms with Gasteiger partial charge in [0.2, 0.25) is 0 Å². The zero-order chi connectivity index (χ0) is 21.1. The number of hydrogen-bond donors (Lipinski definition) is 2. The number of nitrogens with one attached hydrogen (secondary N) is 1. The second kappa shape index (κ2) is 8.45. The SMILES string of the molecule is COc1cc([C@H]2NC(=O)N(C)C(C)=C2C(=O)OCc2ccccc2)cc(Cl)c1O. The lowest BCUT2D eigenvalue weighted by molar-refractivity contribution is -0.141. The van der Waals surface area contributed by atoms with Gasteiger partial charge in [0, 0.05) is 12.7 Å². The summed E-state index contributed by atoms with van der Waals surface area (Å²) in [5.74, 6) is -0.646. The number of esters is 1. The van der Waals surface area contributed by atoms with Gasteiger partial charge in [0.25, 0.3) is 0 Å². The van der Waals surface area contributed by atoms with E-state index in [0.29, 0.717) is 11.3 Å². The summed E-state index contributed by atoms with van der Waals surface area (Å²) in [6.45, 7) is 1.77. The molecular formula is C21H21ClN2O5. The van der Waals surface area contributed by atoms with Crippen molar-refractivity contribution < 1.29 is 24.2 Å². The van der Waals surface area contributed by atoms with Gasteiger partial charge in [0.05, 0.1) is 23.7 Å².